The summed E-state index contributed by atoms with van der Waals surface area (Å²) in [5.41, 5.74) is 0.0630. The fourth-order valence-electron chi connectivity index (χ4n) is 1.89. The minimum absolute atomic E-state index is 0.0263. The van der Waals surface area contributed by atoms with Crippen LogP contribution in [0.3, 0.4) is 0 Å². The molecule has 0 radical (unpaired) electrons. The summed E-state index contributed by atoms with van der Waals surface area (Å²) in [5, 5.41) is 21.6. The third kappa shape index (κ3) is 4.85. The number of amides is 1. The monoisotopic (exact) mass is 370 g/mol. The van der Waals surface area contributed by atoms with Crippen LogP contribution in [-0.2, 0) is 10.0 Å². The van der Waals surface area contributed by atoms with Crippen LogP contribution in [0, 0.1) is 0 Å². The number of benzene rings is 2. The average molecular weight is 371 g/mol. The molecule has 0 bridgehead atoms. The van der Waals surface area contributed by atoms with Crippen molar-refractivity contribution in [3.05, 3.63) is 53.1 Å². The second-order valence-corrected chi connectivity index (χ2v) is 7.05. The van der Waals surface area contributed by atoms with Gasteiger partial charge in [-0.3, -0.25) is 4.79 Å². The molecule has 0 aromatic heterocycles. The molecule has 0 spiro atoms. The Morgan fingerprint density at radius 2 is 1.58 bits per heavy atom. The number of carbonyl (C=O) groups excluding carboxylic acids is 1. The summed E-state index contributed by atoms with van der Waals surface area (Å²) in [4.78, 5) is 11.9. The Bertz CT molecular complexity index is 817. The molecule has 7 nitrogen and oxygen atoms in total. The highest BCUT2D eigenvalue weighted by molar-refractivity contribution is 7.89. The largest absolute Gasteiger partial charge is 0.508 e. The number of phenolic OH excluding ortho intramolecular Hbond substituents is 2. The van der Waals surface area contributed by atoms with Gasteiger partial charge in [0, 0.05) is 29.7 Å². The van der Waals surface area contributed by atoms with Crippen LogP contribution in [-0.4, -0.2) is 37.6 Å². The Morgan fingerprint density at radius 3 is 2.17 bits per heavy atom. The number of halogens is 1. The maximum absolute atomic E-state index is 12.0. The summed E-state index contributed by atoms with van der Waals surface area (Å²) in [5.74, 6) is -1.04. The van der Waals surface area contributed by atoms with Crippen molar-refractivity contribution in [2.75, 3.05) is 13.1 Å². The van der Waals surface area contributed by atoms with Crippen molar-refractivity contribution in [2.45, 2.75) is 4.90 Å². The predicted octanol–water partition coefficient (Wildman–Crippen LogP) is 1.46. The molecule has 2 aromatic carbocycles. The summed E-state index contributed by atoms with van der Waals surface area (Å²) in [7, 11) is -3.69. The first-order valence-electron chi connectivity index (χ1n) is 6.84. The quantitative estimate of drug-likeness (QED) is 0.574. The van der Waals surface area contributed by atoms with E-state index in [2.05, 4.69) is 10.0 Å². The predicted molar refractivity (Wildman–Crippen MR) is 88.7 cm³/mol. The van der Waals surface area contributed by atoms with Crippen LogP contribution in [0.15, 0.2) is 47.4 Å². The number of carbonyl (C=O) groups is 1. The minimum Gasteiger partial charge on any atom is -0.508 e. The average Bonchev–Trinajstić information content (AvgIpc) is 2.51. The number of hydrogen-bond donors (Lipinski definition) is 4. The van der Waals surface area contributed by atoms with E-state index < -0.39 is 15.9 Å². The number of nitrogens with one attached hydrogen (secondary N) is 2. The molecule has 128 valence electrons. The molecular weight excluding hydrogens is 356 g/mol. The van der Waals surface area contributed by atoms with Crippen molar-refractivity contribution < 1.29 is 23.4 Å². The van der Waals surface area contributed by atoms with Gasteiger partial charge in [0.1, 0.15) is 11.5 Å². The van der Waals surface area contributed by atoms with Crippen molar-refractivity contribution in [1.29, 1.82) is 0 Å². The lowest BCUT2D eigenvalue weighted by molar-refractivity contribution is 0.0953. The molecule has 0 aliphatic rings. The van der Waals surface area contributed by atoms with Gasteiger partial charge in [-0.05, 0) is 36.4 Å². The molecule has 0 aliphatic carbocycles. The molecule has 0 heterocycles. The second-order valence-electron chi connectivity index (χ2n) is 4.85. The van der Waals surface area contributed by atoms with E-state index in [-0.39, 0.29) is 35.0 Å². The molecule has 24 heavy (non-hydrogen) atoms. The number of phenols is 2. The first-order chi connectivity index (χ1) is 11.3. The van der Waals surface area contributed by atoms with E-state index in [4.69, 9.17) is 11.6 Å². The van der Waals surface area contributed by atoms with Gasteiger partial charge in [0.25, 0.3) is 5.91 Å². The molecular formula is C15H15ClN2O5S. The molecule has 2 rings (SSSR count). The number of hydrogen-bond acceptors (Lipinski definition) is 5. The topological polar surface area (TPSA) is 116 Å². The summed E-state index contributed by atoms with van der Waals surface area (Å²) in [6.45, 7) is 0.00354. The van der Waals surface area contributed by atoms with Crippen molar-refractivity contribution in [2.24, 2.45) is 0 Å². The fraction of sp³-hybridized carbons (Fsp3) is 0.133. The van der Waals surface area contributed by atoms with Crippen molar-refractivity contribution in [3.63, 3.8) is 0 Å². The van der Waals surface area contributed by atoms with Crippen LogP contribution < -0.4 is 10.0 Å². The van der Waals surface area contributed by atoms with Gasteiger partial charge in [0.2, 0.25) is 10.0 Å². The van der Waals surface area contributed by atoms with Gasteiger partial charge >= 0.3 is 0 Å². The first kappa shape index (κ1) is 18.1. The van der Waals surface area contributed by atoms with Crippen molar-refractivity contribution in [1.82, 2.24) is 10.0 Å². The molecule has 0 saturated carbocycles. The Hall–Kier alpha value is -2.29. The highest BCUT2D eigenvalue weighted by Crippen LogP contribution is 2.20. The number of sulfonamides is 1. The Kier molecular flexibility index (Phi) is 5.66. The standard InChI is InChI=1S/C15H15ClN2O5S/c16-11-1-3-14(4-2-11)24(22,23)18-6-5-17-15(21)10-7-12(19)9-13(20)8-10/h1-4,7-9,18-20H,5-6H2,(H,17,21). The van der Waals surface area contributed by atoms with Gasteiger partial charge in [-0.25, -0.2) is 13.1 Å². The molecule has 0 saturated heterocycles. The van der Waals surface area contributed by atoms with Gasteiger partial charge in [0.15, 0.2) is 0 Å². The highest BCUT2D eigenvalue weighted by Gasteiger charge is 2.13. The van der Waals surface area contributed by atoms with E-state index in [1.165, 1.54) is 36.4 Å². The van der Waals surface area contributed by atoms with Crippen molar-refractivity contribution in [3.8, 4) is 11.5 Å². The highest BCUT2D eigenvalue weighted by atomic mass is 35.5. The lowest BCUT2D eigenvalue weighted by Crippen LogP contribution is -2.34. The fourth-order valence-corrected chi connectivity index (χ4v) is 3.04. The van der Waals surface area contributed by atoms with Gasteiger partial charge in [-0.1, -0.05) is 11.6 Å². The van der Waals surface area contributed by atoms with Gasteiger partial charge in [-0.15, -0.1) is 0 Å². The second kappa shape index (κ2) is 7.52. The lowest BCUT2D eigenvalue weighted by Gasteiger charge is -2.08. The molecule has 0 atom stereocenters. The van der Waals surface area contributed by atoms with E-state index in [1.807, 2.05) is 0 Å². The Morgan fingerprint density at radius 1 is 1.00 bits per heavy atom. The summed E-state index contributed by atoms with van der Waals surface area (Å²) >= 11 is 5.71. The van der Waals surface area contributed by atoms with E-state index in [1.54, 1.807) is 0 Å². The zero-order valence-electron chi connectivity index (χ0n) is 12.4. The van der Waals surface area contributed by atoms with Crippen LogP contribution >= 0.6 is 11.6 Å². The number of aromatic hydroxyl groups is 2. The maximum Gasteiger partial charge on any atom is 0.251 e. The zero-order chi connectivity index (χ0) is 17.7. The van der Waals surface area contributed by atoms with Gasteiger partial charge in [-0.2, -0.15) is 0 Å². The van der Waals surface area contributed by atoms with E-state index in [0.717, 1.165) is 6.07 Å². The maximum atomic E-state index is 12.0. The third-order valence-electron chi connectivity index (χ3n) is 2.99. The zero-order valence-corrected chi connectivity index (χ0v) is 13.9. The van der Waals surface area contributed by atoms with E-state index in [0.29, 0.717) is 5.02 Å². The molecule has 0 fully saturated rings. The van der Waals surface area contributed by atoms with Gasteiger partial charge < -0.3 is 15.5 Å². The van der Waals surface area contributed by atoms with Crippen LogP contribution in [0.25, 0.3) is 0 Å². The first-order valence-corrected chi connectivity index (χ1v) is 8.70. The smallest absolute Gasteiger partial charge is 0.251 e. The summed E-state index contributed by atoms with van der Waals surface area (Å²) in [6, 6.07) is 9.15. The molecule has 1 amide bonds. The Labute approximate surface area is 143 Å². The summed E-state index contributed by atoms with van der Waals surface area (Å²) < 4.78 is 26.4. The minimum atomic E-state index is -3.69. The number of rotatable bonds is 6. The lowest BCUT2D eigenvalue weighted by atomic mass is 10.2. The Balaban J connectivity index is 1.88. The van der Waals surface area contributed by atoms with E-state index in [9.17, 15) is 23.4 Å². The van der Waals surface area contributed by atoms with Crippen molar-refractivity contribution >= 4 is 27.5 Å². The SMILES string of the molecule is O=C(NCCNS(=O)(=O)c1ccc(Cl)cc1)c1cc(O)cc(O)c1. The molecule has 9 heteroatoms. The molecule has 0 aliphatic heterocycles. The van der Waals surface area contributed by atoms with Crippen LogP contribution in [0.5, 0.6) is 11.5 Å². The van der Waals surface area contributed by atoms with Crippen LogP contribution in [0.4, 0.5) is 0 Å². The molecule has 2 aromatic rings. The van der Waals surface area contributed by atoms with Crippen LogP contribution in [0.2, 0.25) is 5.02 Å². The molecule has 4 N–H and O–H groups in total. The third-order valence-corrected chi connectivity index (χ3v) is 4.72. The normalized spacial score (nSPS) is 11.2. The molecule has 0 unspecified atom stereocenters. The van der Waals surface area contributed by atoms with Gasteiger partial charge in [0.05, 0.1) is 4.90 Å². The van der Waals surface area contributed by atoms with Crippen LogP contribution in [0.1, 0.15) is 10.4 Å². The van der Waals surface area contributed by atoms with E-state index >= 15 is 0 Å². The summed E-state index contributed by atoms with van der Waals surface area (Å²) in [6.07, 6.45) is 0.